The molecule has 0 fully saturated rings. The van der Waals surface area contributed by atoms with Crippen LogP contribution in [0.25, 0.3) is 0 Å². The van der Waals surface area contributed by atoms with E-state index < -0.39 is 8.56 Å². The van der Waals surface area contributed by atoms with Gasteiger partial charge in [0, 0.05) is 6.61 Å². The predicted octanol–water partition coefficient (Wildman–Crippen LogP) is 3.22. The third-order valence-corrected chi connectivity index (χ3v) is 5.99. The first-order valence-corrected chi connectivity index (χ1v) is 8.93. The van der Waals surface area contributed by atoms with Crippen LogP contribution in [0.1, 0.15) is 12.5 Å². The zero-order valence-corrected chi connectivity index (χ0v) is 12.5. The summed E-state index contributed by atoms with van der Waals surface area (Å²) in [5.74, 6) is 0. The van der Waals surface area contributed by atoms with Crippen molar-refractivity contribution in [1.29, 1.82) is 0 Å². The van der Waals surface area contributed by atoms with Crippen LogP contribution in [0.3, 0.4) is 0 Å². The van der Waals surface area contributed by atoms with Crippen LogP contribution in [-0.4, -0.2) is 15.2 Å². The topological polar surface area (TPSA) is 18.5 Å². The SMILES string of the molecule is CCO[Si](C)(OCc1ccccc1)c1ccccc1. The molecule has 0 heterocycles. The summed E-state index contributed by atoms with van der Waals surface area (Å²) in [6.07, 6.45) is 0. The summed E-state index contributed by atoms with van der Waals surface area (Å²) in [4.78, 5) is 0. The Hall–Kier alpha value is -1.42. The van der Waals surface area contributed by atoms with Crippen molar-refractivity contribution in [1.82, 2.24) is 0 Å². The fourth-order valence-corrected chi connectivity index (χ4v) is 4.23. The van der Waals surface area contributed by atoms with Crippen molar-refractivity contribution < 1.29 is 8.85 Å². The van der Waals surface area contributed by atoms with E-state index in [0.29, 0.717) is 13.2 Å². The molecule has 0 amide bonds. The third kappa shape index (κ3) is 3.77. The van der Waals surface area contributed by atoms with Crippen molar-refractivity contribution >= 4 is 13.7 Å². The summed E-state index contributed by atoms with van der Waals surface area (Å²) in [5, 5.41) is 1.17. The Balaban J connectivity index is 2.12. The lowest BCUT2D eigenvalue weighted by atomic mass is 10.2. The monoisotopic (exact) mass is 272 g/mol. The standard InChI is InChI=1S/C16H20O2Si/c1-3-17-19(2,16-12-8-5-9-13-16)18-14-15-10-6-4-7-11-15/h4-13H,3,14H2,1-2H3. The van der Waals surface area contributed by atoms with Gasteiger partial charge >= 0.3 is 8.56 Å². The Kier molecular flexibility index (Phi) is 4.91. The molecule has 0 spiro atoms. The molecule has 0 aromatic heterocycles. The Morgan fingerprint density at radius 1 is 0.842 bits per heavy atom. The zero-order valence-electron chi connectivity index (χ0n) is 11.5. The van der Waals surface area contributed by atoms with E-state index in [9.17, 15) is 0 Å². The molecule has 0 radical (unpaired) electrons. The Labute approximate surface area is 116 Å². The van der Waals surface area contributed by atoms with Gasteiger partial charge in [-0.1, -0.05) is 60.7 Å². The molecule has 2 aromatic rings. The smallest absolute Gasteiger partial charge is 0.369 e. The Morgan fingerprint density at radius 3 is 2.00 bits per heavy atom. The minimum atomic E-state index is -2.31. The predicted molar refractivity (Wildman–Crippen MR) is 80.6 cm³/mol. The molecule has 1 unspecified atom stereocenters. The molecule has 0 aliphatic heterocycles. The first kappa shape index (κ1) is 14.0. The molecule has 3 heteroatoms. The van der Waals surface area contributed by atoms with E-state index in [4.69, 9.17) is 8.85 Å². The molecule has 0 aliphatic carbocycles. The van der Waals surface area contributed by atoms with Crippen molar-refractivity contribution in [3.05, 3.63) is 66.2 Å². The first-order valence-electron chi connectivity index (χ1n) is 6.62. The van der Waals surface area contributed by atoms with Gasteiger partial charge in [-0.05, 0) is 24.2 Å². The second kappa shape index (κ2) is 6.66. The summed E-state index contributed by atoms with van der Waals surface area (Å²) >= 11 is 0. The highest BCUT2D eigenvalue weighted by atomic mass is 28.4. The largest absolute Gasteiger partial charge is 0.391 e. The quantitative estimate of drug-likeness (QED) is 0.752. The zero-order chi connectivity index (χ0) is 13.6. The first-order chi connectivity index (χ1) is 9.24. The molecule has 0 bridgehead atoms. The lowest BCUT2D eigenvalue weighted by Crippen LogP contribution is -2.50. The van der Waals surface area contributed by atoms with Crippen LogP contribution < -0.4 is 5.19 Å². The third-order valence-electron chi connectivity index (χ3n) is 3.08. The number of hydrogen-bond donors (Lipinski definition) is 0. The maximum Gasteiger partial charge on any atom is 0.369 e. The van der Waals surface area contributed by atoms with Crippen molar-refractivity contribution in [2.24, 2.45) is 0 Å². The maximum atomic E-state index is 6.16. The van der Waals surface area contributed by atoms with Crippen LogP contribution in [0.15, 0.2) is 60.7 Å². The average molecular weight is 272 g/mol. The van der Waals surface area contributed by atoms with Gasteiger partial charge in [0.15, 0.2) is 0 Å². The van der Waals surface area contributed by atoms with Gasteiger partial charge in [-0.3, -0.25) is 0 Å². The molecule has 0 saturated heterocycles. The van der Waals surface area contributed by atoms with E-state index in [0.717, 1.165) is 0 Å². The fourth-order valence-electron chi connectivity index (χ4n) is 2.02. The molecule has 2 rings (SSSR count). The second-order valence-corrected chi connectivity index (χ2v) is 7.57. The molecule has 0 N–H and O–H groups in total. The van der Waals surface area contributed by atoms with E-state index in [1.54, 1.807) is 0 Å². The van der Waals surface area contributed by atoms with Gasteiger partial charge < -0.3 is 8.85 Å². The normalized spacial score (nSPS) is 14.0. The van der Waals surface area contributed by atoms with Gasteiger partial charge in [0.2, 0.25) is 0 Å². The van der Waals surface area contributed by atoms with Gasteiger partial charge in [-0.15, -0.1) is 0 Å². The highest BCUT2D eigenvalue weighted by molar-refractivity contribution is 6.79. The van der Waals surface area contributed by atoms with Crippen molar-refractivity contribution in [3.8, 4) is 0 Å². The number of rotatable bonds is 6. The Bertz CT molecular complexity index is 487. The van der Waals surface area contributed by atoms with Crippen molar-refractivity contribution in [2.75, 3.05) is 6.61 Å². The summed E-state index contributed by atoms with van der Waals surface area (Å²) in [7, 11) is -2.31. The second-order valence-electron chi connectivity index (χ2n) is 4.52. The molecule has 100 valence electrons. The molecule has 0 aliphatic rings. The van der Waals surface area contributed by atoms with Crippen LogP contribution >= 0.6 is 0 Å². The minimum Gasteiger partial charge on any atom is -0.391 e. The summed E-state index contributed by atoms with van der Waals surface area (Å²) in [6.45, 7) is 5.39. The summed E-state index contributed by atoms with van der Waals surface area (Å²) in [6, 6.07) is 20.5. The minimum absolute atomic E-state index is 0.596. The number of hydrogen-bond acceptors (Lipinski definition) is 2. The summed E-state index contributed by atoms with van der Waals surface area (Å²) < 4.78 is 12.1. The highest BCUT2D eigenvalue weighted by Gasteiger charge is 2.33. The van der Waals surface area contributed by atoms with Crippen LogP contribution in [0.4, 0.5) is 0 Å². The van der Waals surface area contributed by atoms with E-state index in [1.165, 1.54) is 10.8 Å². The van der Waals surface area contributed by atoms with Crippen molar-refractivity contribution in [2.45, 2.75) is 20.1 Å². The molecule has 0 saturated carbocycles. The molecule has 2 nitrogen and oxygen atoms in total. The van der Waals surface area contributed by atoms with Gasteiger partial charge in [-0.25, -0.2) is 0 Å². The lowest BCUT2D eigenvalue weighted by molar-refractivity contribution is 0.185. The van der Waals surface area contributed by atoms with Crippen LogP contribution in [0.2, 0.25) is 6.55 Å². The molecular formula is C16H20O2Si. The molecule has 1 atom stereocenters. The van der Waals surface area contributed by atoms with Crippen LogP contribution in [0, 0.1) is 0 Å². The molecule has 19 heavy (non-hydrogen) atoms. The Morgan fingerprint density at radius 2 is 1.42 bits per heavy atom. The van der Waals surface area contributed by atoms with Gasteiger partial charge in [-0.2, -0.15) is 0 Å². The van der Waals surface area contributed by atoms with Crippen molar-refractivity contribution in [3.63, 3.8) is 0 Å². The van der Waals surface area contributed by atoms with E-state index >= 15 is 0 Å². The van der Waals surface area contributed by atoms with Crippen LogP contribution in [0.5, 0.6) is 0 Å². The number of benzene rings is 2. The van der Waals surface area contributed by atoms with Gasteiger partial charge in [0.05, 0.1) is 6.61 Å². The van der Waals surface area contributed by atoms with E-state index in [2.05, 4.69) is 30.8 Å². The van der Waals surface area contributed by atoms with E-state index in [1.807, 2.05) is 43.3 Å². The fraction of sp³-hybridized carbons (Fsp3) is 0.250. The highest BCUT2D eigenvalue weighted by Crippen LogP contribution is 2.12. The molecule has 2 aromatic carbocycles. The van der Waals surface area contributed by atoms with Gasteiger partial charge in [0.1, 0.15) is 0 Å². The summed E-state index contributed by atoms with van der Waals surface area (Å²) in [5.41, 5.74) is 1.18. The van der Waals surface area contributed by atoms with Gasteiger partial charge in [0.25, 0.3) is 0 Å². The van der Waals surface area contributed by atoms with E-state index in [-0.39, 0.29) is 0 Å². The average Bonchev–Trinajstić information content (AvgIpc) is 2.48. The lowest BCUT2D eigenvalue weighted by Gasteiger charge is -2.27. The van der Waals surface area contributed by atoms with Crippen LogP contribution in [-0.2, 0) is 15.5 Å². The maximum absolute atomic E-state index is 6.16. The molecular weight excluding hydrogens is 252 g/mol.